The van der Waals surface area contributed by atoms with Crippen molar-refractivity contribution in [2.45, 2.75) is 45.1 Å². The quantitative estimate of drug-likeness (QED) is 0.926. The van der Waals surface area contributed by atoms with Gasteiger partial charge in [-0.05, 0) is 30.4 Å². The van der Waals surface area contributed by atoms with Crippen molar-refractivity contribution in [1.82, 2.24) is 15.1 Å². The van der Waals surface area contributed by atoms with E-state index in [1.54, 1.807) is 0 Å². The van der Waals surface area contributed by atoms with Crippen LogP contribution in [0.1, 0.15) is 47.3 Å². The van der Waals surface area contributed by atoms with Gasteiger partial charge in [0.15, 0.2) is 0 Å². The molecule has 1 N–H and O–H groups in total. The minimum Gasteiger partial charge on any atom is -0.337 e. The first-order chi connectivity index (χ1) is 10.8. The molecule has 0 saturated heterocycles. The van der Waals surface area contributed by atoms with Crippen LogP contribution in [0, 0.1) is 0 Å². The van der Waals surface area contributed by atoms with Crippen LogP contribution in [-0.4, -0.2) is 27.5 Å². The Bertz CT molecular complexity index is 705. The highest BCUT2D eigenvalue weighted by Gasteiger charge is 2.33. The SMILES string of the molecule is CCc1n[nH]c2c1CN(C(=O)[C@H]1CCc3ccccc31)CC2. The number of aromatic amines is 1. The predicted octanol–water partition coefficient (Wildman–Crippen LogP) is 2.59. The highest BCUT2D eigenvalue weighted by atomic mass is 16.2. The molecule has 1 aromatic carbocycles. The zero-order valence-corrected chi connectivity index (χ0v) is 12.9. The number of carbonyl (C=O) groups excluding carboxylic acids is 1. The number of carbonyl (C=O) groups is 1. The van der Waals surface area contributed by atoms with E-state index < -0.39 is 0 Å². The van der Waals surface area contributed by atoms with Gasteiger partial charge in [0.1, 0.15) is 0 Å². The van der Waals surface area contributed by atoms with E-state index in [-0.39, 0.29) is 5.92 Å². The summed E-state index contributed by atoms with van der Waals surface area (Å²) >= 11 is 0. The summed E-state index contributed by atoms with van der Waals surface area (Å²) in [5.74, 6) is 0.341. The summed E-state index contributed by atoms with van der Waals surface area (Å²) in [5, 5.41) is 7.51. The summed E-state index contributed by atoms with van der Waals surface area (Å²) in [6.45, 7) is 3.63. The smallest absolute Gasteiger partial charge is 0.230 e. The van der Waals surface area contributed by atoms with Crippen molar-refractivity contribution < 1.29 is 4.79 Å². The molecule has 114 valence electrons. The number of benzene rings is 1. The molecule has 2 heterocycles. The molecule has 1 aliphatic heterocycles. The normalized spacial score (nSPS) is 19.9. The maximum absolute atomic E-state index is 13.0. The van der Waals surface area contributed by atoms with E-state index in [1.807, 2.05) is 11.0 Å². The number of rotatable bonds is 2. The van der Waals surface area contributed by atoms with Gasteiger partial charge in [0.2, 0.25) is 5.91 Å². The van der Waals surface area contributed by atoms with Gasteiger partial charge < -0.3 is 4.90 Å². The second-order valence-electron chi connectivity index (χ2n) is 6.28. The van der Waals surface area contributed by atoms with Gasteiger partial charge in [-0.25, -0.2) is 0 Å². The predicted molar refractivity (Wildman–Crippen MR) is 84.6 cm³/mol. The zero-order chi connectivity index (χ0) is 15.1. The topological polar surface area (TPSA) is 49.0 Å². The Morgan fingerprint density at radius 1 is 1.36 bits per heavy atom. The van der Waals surface area contributed by atoms with Crippen LogP contribution in [0.15, 0.2) is 24.3 Å². The van der Waals surface area contributed by atoms with Gasteiger partial charge in [0, 0.05) is 30.8 Å². The lowest BCUT2D eigenvalue weighted by Crippen LogP contribution is -2.38. The Balaban J connectivity index is 1.58. The Labute approximate surface area is 130 Å². The lowest BCUT2D eigenvalue weighted by Gasteiger charge is -2.29. The number of fused-ring (bicyclic) bond motifs is 2. The summed E-state index contributed by atoms with van der Waals surface area (Å²) < 4.78 is 0. The second kappa shape index (κ2) is 5.27. The van der Waals surface area contributed by atoms with Crippen LogP contribution >= 0.6 is 0 Å². The summed E-state index contributed by atoms with van der Waals surface area (Å²) in [4.78, 5) is 15.0. The van der Waals surface area contributed by atoms with Crippen molar-refractivity contribution in [2.75, 3.05) is 6.54 Å². The van der Waals surface area contributed by atoms with E-state index in [4.69, 9.17) is 0 Å². The van der Waals surface area contributed by atoms with Crippen LogP contribution in [0.25, 0.3) is 0 Å². The van der Waals surface area contributed by atoms with Gasteiger partial charge in [-0.3, -0.25) is 9.89 Å². The van der Waals surface area contributed by atoms with Crippen molar-refractivity contribution in [3.05, 3.63) is 52.3 Å². The van der Waals surface area contributed by atoms with Crippen LogP contribution in [-0.2, 0) is 30.6 Å². The van der Waals surface area contributed by atoms with Gasteiger partial charge >= 0.3 is 0 Å². The molecule has 0 unspecified atom stereocenters. The molecule has 4 nitrogen and oxygen atoms in total. The number of hydrogen-bond acceptors (Lipinski definition) is 2. The molecule has 1 amide bonds. The van der Waals surface area contributed by atoms with E-state index in [1.165, 1.54) is 22.4 Å². The van der Waals surface area contributed by atoms with Gasteiger partial charge in [-0.15, -0.1) is 0 Å². The maximum Gasteiger partial charge on any atom is 0.230 e. The molecule has 22 heavy (non-hydrogen) atoms. The first-order valence-electron chi connectivity index (χ1n) is 8.19. The number of amides is 1. The minimum absolute atomic E-state index is 0.0507. The van der Waals surface area contributed by atoms with Gasteiger partial charge in [0.25, 0.3) is 0 Å². The molecule has 0 saturated carbocycles. The largest absolute Gasteiger partial charge is 0.337 e. The Hall–Kier alpha value is -2.10. The minimum atomic E-state index is 0.0507. The third kappa shape index (κ3) is 2.05. The molecule has 4 rings (SSSR count). The van der Waals surface area contributed by atoms with Crippen LogP contribution in [0.4, 0.5) is 0 Å². The fourth-order valence-electron chi connectivity index (χ4n) is 3.87. The van der Waals surface area contributed by atoms with Crippen LogP contribution in [0.3, 0.4) is 0 Å². The van der Waals surface area contributed by atoms with E-state index in [9.17, 15) is 4.79 Å². The summed E-state index contributed by atoms with van der Waals surface area (Å²) in [6, 6.07) is 8.39. The van der Waals surface area contributed by atoms with Crippen molar-refractivity contribution in [1.29, 1.82) is 0 Å². The molecule has 0 radical (unpaired) electrons. The van der Waals surface area contributed by atoms with Crippen LogP contribution in [0.2, 0.25) is 0 Å². The highest BCUT2D eigenvalue weighted by Crippen LogP contribution is 2.35. The summed E-state index contributed by atoms with van der Waals surface area (Å²) in [6.07, 6.45) is 3.79. The van der Waals surface area contributed by atoms with E-state index >= 15 is 0 Å². The fraction of sp³-hybridized carbons (Fsp3) is 0.444. The monoisotopic (exact) mass is 295 g/mol. The average molecular weight is 295 g/mol. The van der Waals surface area contributed by atoms with Crippen molar-refractivity contribution in [3.8, 4) is 0 Å². The molecular formula is C18H21N3O. The summed E-state index contributed by atoms with van der Waals surface area (Å²) in [7, 11) is 0. The first kappa shape index (κ1) is 13.6. The lowest BCUT2D eigenvalue weighted by molar-refractivity contribution is -0.133. The number of nitrogens with zero attached hydrogens (tertiary/aromatic N) is 2. The maximum atomic E-state index is 13.0. The lowest BCUT2D eigenvalue weighted by atomic mass is 9.97. The summed E-state index contributed by atoms with van der Waals surface area (Å²) in [5.41, 5.74) is 6.15. The van der Waals surface area contributed by atoms with Gasteiger partial charge in [-0.2, -0.15) is 5.10 Å². The molecule has 0 spiro atoms. The molecule has 4 heteroatoms. The average Bonchev–Trinajstić information content (AvgIpc) is 3.17. The molecule has 1 atom stereocenters. The number of aromatic nitrogens is 2. The molecule has 1 aliphatic carbocycles. The Morgan fingerprint density at radius 2 is 2.23 bits per heavy atom. The molecular weight excluding hydrogens is 274 g/mol. The highest BCUT2D eigenvalue weighted by molar-refractivity contribution is 5.85. The van der Waals surface area contributed by atoms with Crippen LogP contribution < -0.4 is 0 Å². The van der Waals surface area contributed by atoms with E-state index in [2.05, 4.69) is 35.3 Å². The Kier molecular flexibility index (Phi) is 3.25. The van der Waals surface area contributed by atoms with Gasteiger partial charge in [0.05, 0.1) is 11.6 Å². The third-order valence-electron chi connectivity index (χ3n) is 5.10. The molecule has 2 aliphatic rings. The first-order valence-corrected chi connectivity index (χ1v) is 8.19. The number of aryl methyl sites for hydroxylation is 2. The number of nitrogens with one attached hydrogen (secondary N) is 1. The second-order valence-corrected chi connectivity index (χ2v) is 6.28. The molecule has 0 fully saturated rings. The Morgan fingerprint density at radius 3 is 3.09 bits per heavy atom. The third-order valence-corrected chi connectivity index (χ3v) is 5.10. The molecule has 0 bridgehead atoms. The fourth-order valence-corrected chi connectivity index (χ4v) is 3.87. The number of H-pyrrole nitrogens is 1. The van der Waals surface area contributed by atoms with Crippen molar-refractivity contribution >= 4 is 5.91 Å². The van der Waals surface area contributed by atoms with Gasteiger partial charge in [-0.1, -0.05) is 31.2 Å². The molecule has 1 aromatic heterocycles. The van der Waals surface area contributed by atoms with Crippen molar-refractivity contribution in [3.63, 3.8) is 0 Å². The molecule has 2 aromatic rings. The zero-order valence-electron chi connectivity index (χ0n) is 12.9. The van der Waals surface area contributed by atoms with E-state index in [0.717, 1.165) is 37.9 Å². The van der Waals surface area contributed by atoms with E-state index in [0.29, 0.717) is 12.5 Å². The number of hydrogen-bond donors (Lipinski definition) is 1. The van der Waals surface area contributed by atoms with Crippen LogP contribution in [0.5, 0.6) is 0 Å². The standard InChI is InChI=1S/C18H21N3O/c1-2-16-15-11-21(10-9-17(15)20-19-16)18(22)14-8-7-12-5-3-4-6-13(12)14/h3-6,14H,2,7-11H2,1H3,(H,19,20)/t14-/m0/s1. The van der Waals surface area contributed by atoms with Crippen molar-refractivity contribution in [2.24, 2.45) is 0 Å².